The second-order valence-corrected chi connectivity index (χ2v) is 5.32. The molecule has 24 heavy (non-hydrogen) atoms. The van der Waals surface area contributed by atoms with Crippen molar-refractivity contribution in [2.24, 2.45) is 0 Å². The molecular weight excluding hydrogens is 326 g/mol. The highest BCUT2D eigenvalue weighted by Crippen LogP contribution is 2.31. The quantitative estimate of drug-likeness (QED) is 0.714. The Morgan fingerprint density at radius 2 is 1.92 bits per heavy atom. The van der Waals surface area contributed by atoms with Crippen molar-refractivity contribution in [3.8, 4) is 0 Å². The van der Waals surface area contributed by atoms with Gasteiger partial charge in [0.15, 0.2) is 0 Å². The highest BCUT2D eigenvalue weighted by molar-refractivity contribution is 5.89. The maximum Gasteiger partial charge on any atom is 0.451 e. The summed E-state index contributed by atoms with van der Waals surface area (Å²) in [6.45, 7) is 3.78. The first kappa shape index (κ1) is 16.2. The number of anilines is 1. The van der Waals surface area contributed by atoms with E-state index < -0.39 is 17.8 Å². The number of aromatic amines is 1. The monoisotopic (exact) mass is 339 g/mol. The number of alkyl halides is 3. The molecule has 5 nitrogen and oxygen atoms in total. The van der Waals surface area contributed by atoms with Gasteiger partial charge in [0.1, 0.15) is 11.6 Å². The maximum absolute atomic E-state index is 13.5. The molecule has 2 heterocycles. The van der Waals surface area contributed by atoms with E-state index in [-0.39, 0.29) is 23.3 Å². The van der Waals surface area contributed by atoms with E-state index in [0.29, 0.717) is 0 Å². The molecule has 2 aromatic heterocycles. The van der Waals surface area contributed by atoms with Crippen molar-refractivity contribution in [2.45, 2.75) is 26.6 Å². The van der Waals surface area contributed by atoms with Gasteiger partial charge in [-0.05, 0) is 32.0 Å². The summed E-state index contributed by atoms with van der Waals surface area (Å²) in [6.07, 6.45) is -4.69. The van der Waals surface area contributed by atoms with Gasteiger partial charge in [0.05, 0.1) is 11.2 Å². The standard InChI is InChI=1S/C15H13F4N5/c1-7-11(8(2)24-23-7)6-20-13-10-5-9(16)3-4-12(10)21-14(22-13)15(17,18)19/h3-5H,6H2,1-2H3,(H,23,24)(H,20,21,22). The normalized spacial score (nSPS) is 11.9. The third-order valence-corrected chi connectivity index (χ3v) is 3.62. The number of fused-ring (bicyclic) bond motifs is 1. The van der Waals surface area contributed by atoms with Crippen LogP contribution in [-0.4, -0.2) is 20.2 Å². The van der Waals surface area contributed by atoms with E-state index in [1.165, 1.54) is 6.07 Å². The van der Waals surface area contributed by atoms with Crippen molar-refractivity contribution in [3.63, 3.8) is 0 Å². The van der Waals surface area contributed by atoms with Crippen LogP contribution in [0, 0.1) is 19.7 Å². The Bertz CT molecular complexity index is 881. The van der Waals surface area contributed by atoms with Crippen molar-refractivity contribution >= 4 is 16.7 Å². The zero-order chi connectivity index (χ0) is 17.5. The average Bonchev–Trinajstić information content (AvgIpc) is 2.82. The Kier molecular flexibility index (Phi) is 3.86. The maximum atomic E-state index is 13.5. The molecule has 2 N–H and O–H groups in total. The second kappa shape index (κ2) is 5.73. The van der Waals surface area contributed by atoms with E-state index in [0.717, 1.165) is 29.1 Å². The van der Waals surface area contributed by atoms with Gasteiger partial charge in [0, 0.05) is 23.2 Å². The van der Waals surface area contributed by atoms with Gasteiger partial charge >= 0.3 is 6.18 Å². The van der Waals surface area contributed by atoms with Gasteiger partial charge in [0.25, 0.3) is 0 Å². The van der Waals surface area contributed by atoms with Crippen LogP contribution in [0.5, 0.6) is 0 Å². The van der Waals surface area contributed by atoms with Crippen LogP contribution in [0.1, 0.15) is 22.8 Å². The predicted molar refractivity (Wildman–Crippen MR) is 79.9 cm³/mol. The van der Waals surface area contributed by atoms with Gasteiger partial charge in [0.2, 0.25) is 5.82 Å². The third-order valence-electron chi connectivity index (χ3n) is 3.62. The number of nitrogens with one attached hydrogen (secondary N) is 2. The molecule has 0 saturated heterocycles. The Balaban J connectivity index is 2.05. The summed E-state index contributed by atoms with van der Waals surface area (Å²) < 4.78 is 52.4. The molecule has 0 aliphatic carbocycles. The van der Waals surface area contributed by atoms with E-state index in [9.17, 15) is 17.6 Å². The number of benzene rings is 1. The van der Waals surface area contributed by atoms with E-state index >= 15 is 0 Å². The van der Waals surface area contributed by atoms with Crippen LogP contribution < -0.4 is 5.32 Å². The minimum absolute atomic E-state index is 0.0156. The van der Waals surface area contributed by atoms with Crippen LogP contribution in [0.2, 0.25) is 0 Å². The average molecular weight is 339 g/mol. The lowest BCUT2D eigenvalue weighted by molar-refractivity contribution is -0.144. The fourth-order valence-electron chi connectivity index (χ4n) is 2.37. The van der Waals surface area contributed by atoms with Crippen LogP contribution in [-0.2, 0) is 12.7 Å². The molecule has 0 amide bonds. The molecule has 126 valence electrons. The largest absolute Gasteiger partial charge is 0.451 e. The fraction of sp³-hybridized carbons (Fsp3) is 0.267. The molecule has 0 atom stereocenters. The Hall–Kier alpha value is -2.71. The molecule has 3 rings (SSSR count). The van der Waals surface area contributed by atoms with Gasteiger partial charge in [-0.25, -0.2) is 14.4 Å². The molecule has 0 spiro atoms. The molecule has 0 fully saturated rings. The van der Waals surface area contributed by atoms with Crippen LogP contribution in [0.25, 0.3) is 10.9 Å². The van der Waals surface area contributed by atoms with Gasteiger partial charge in [-0.1, -0.05) is 0 Å². The minimum atomic E-state index is -4.69. The molecule has 0 aliphatic heterocycles. The number of H-pyrrole nitrogens is 1. The SMILES string of the molecule is Cc1n[nH]c(C)c1CNc1nc(C(F)(F)F)nc2ccc(F)cc12. The van der Waals surface area contributed by atoms with Crippen LogP contribution >= 0.6 is 0 Å². The molecule has 3 aromatic rings. The van der Waals surface area contributed by atoms with Gasteiger partial charge < -0.3 is 5.32 Å². The lowest BCUT2D eigenvalue weighted by Crippen LogP contribution is -2.14. The van der Waals surface area contributed by atoms with Crippen molar-refractivity contribution in [1.29, 1.82) is 0 Å². The molecule has 0 saturated carbocycles. The molecule has 9 heteroatoms. The van der Waals surface area contributed by atoms with Crippen molar-refractivity contribution in [1.82, 2.24) is 20.2 Å². The second-order valence-electron chi connectivity index (χ2n) is 5.32. The van der Waals surface area contributed by atoms with E-state index in [2.05, 4.69) is 25.5 Å². The first-order valence-electron chi connectivity index (χ1n) is 7.04. The Morgan fingerprint density at radius 3 is 2.54 bits per heavy atom. The predicted octanol–water partition coefficient (Wildman–Crippen LogP) is 3.74. The lowest BCUT2D eigenvalue weighted by Gasteiger charge is -2.12. The zero-order valence-corrected chi connectivity index (χ0v) is 12.8. The Labute approximate surface area is 134 Å². The van der Waals surface area contributed by atoms with Crippen LogP contribution in [0.3, 0.4) is 0 Å². The first-order valence-corrected chi connectivity index (χ1v) is 7.04. The summed E-state index contributed by atoms with van der Waals surface area (Å²) in [5.74, 6) is -1.93. The van der Waals surface area contributed by atoms with Gasteiger partial charge in [-0.15, -0.1) is 0 Å². The smallest absolute Gasteiger partial charge is 0.365 e. The number of aryl methyl sites for hydroxylation is 2. The van der Waals surface area contributed by atoms with E-state index in [1.807, 2.05) is 0 Å². The highest BCUT2D eigenvalue weighted by atomic mass is 19.4. The molecule has 0 bridgehead atoms. The van der Waals surface area contributed by atoms with Gasteiger partial charge in [-0.2, -0.15) is 18.3 Å². The topological polar surface area (TPSA) is 66.5 Å². The molecule has 0 unspecified atom stereocenters. The van der Waals surface area contributed by atoms with Crippen LogP contribution in [0.4, 0.5) is 23.4 Å². The summed E-state index contributed by atoms with van der Waals surface area (Å²) >= 11 is 0. The van der Waals surface area contributed by atoms with E-state index in [4.69, 9.17) is 0 Å². The summed E-state index contributed by atoms with van der Waals surface area (Å²) in [5.41, 5.74) is 2.34. The van der Waals surface area contributed by atoms with Crippen molar-refractivity contribution in [3.05, 3.63) is 46.8 Å². The Morgan fingerprint density at radius 1 is 1.17 bits per heavy atom. The van der Waals surface area contributed by atoms with Crippen molar-refractivity contribution in [2.75, 3.05) is 5.32 Å². The number of nitrogens with zero attached hydrogens (tertiary/aromatic N) is 3. The lowest BCUT2D eigenvalue weighted by atomic mass is 10.2. The number of hydrogen-bond acceptors (Lipinski definition) is 4. The molecule has 1 aromatic carbocycles. The summed E-state index contributed by atoms with van der Waals surface area (Å²) in [7, 11) is 0. The van der Waals surface area contributed by atoms with Crippen LogP contribution in [0.15, 0.2) is 18.2 Å². The number of aromatic nitrogens is 4. The summed E-state index contributed by atoms with van der Waals surface area (Å²) in [6, 6.07) is 3.36. The zero-order valence-electron chi connectivity index (χ0n) is 12.8. The number of rotatable bonds is 3. The van der Waals surface area contributed by atoms with E-state index in [1.54, 1.807) is 13.8 Å². The molecular formula is C15H13F4N5. The van der Waals surface area contributed by atoms with Gasteiger partial charge in [-0.3, -0.25) is 5.10 Å². The summed E-state index contributed by atoms with van der Waals surface area (Å²) in [4.78, 5) is 6.99. The summed E-state index contributed by atoms with van der Waals surface area (Å²) in [5, 5.41) is 9.83. The molecule has 0 aliphatic rings. The number of hydrogen-bond donors (Lipinski definition) is 2. The highest BCUT2D eigenvalue weighted by Gasteiger charge is 2.35. The fourth-order valence-corrected chi connectivity index (χ4v) is 2.37. The first-order chi connectivity index (χ1) is 11.3. The molecule has 0 radical (unpaired) electrons. The van der Waals surface area contributed by atoms with Crippen molar-refractivity contribution < 1.29 is 17.6 Å². The number of halogens is 4. The minimum Gasteiger partial charge on any atom is -0.365 e. The third kappa shape index (κ3) is 3.01.